The fraction of sp³-hybridized carbons (Fsp3) is 0.400. The van der Waals surface area contributed by atoms with Crippen LogP contribution < -0.4 is 0 Å². The summed E-state index contributed by atoms with van der Waals surface area (Å²) in [4.78, 5) is 21.8. The van der Waals surface area contributed by atoms with Crippen molar-refractivity contribution < 1.29 is 9.59 Å². The van der Waals surface area contributed by atoms with Crippen LogP contribution in [0.15, 0.2) is 25.3 Å². The first-order chi connectivity index (χ1) is 5.70. The van der Waals surface area contributed by atoms with E-state index in [1.165, 1.54) is 0 Å². The third-order valence-electron chi connectivity index (χ3n) is 1.43. The number of Topliss-reactive ketones (excluding diaryl/α,β-unsaturated/α-hetero) is 2. The summed E-state index contributed by atoms with van der Waals surface area (Å²) in [6.07, 6.45) is 4.50. The van der Waals surface area contributed by atoms with Crippen molar-refractivity contribution in [2.24, 2.45) is 0 Å². The number of carbonyl (C=O) groups is 2. The van der Waals surface area contributed by atoms with Crippen molar-refractivity contribution in [2.45, 2.75) is 25.7 Å². The number of allylic oxidation sites excluding steroid dienone is 2. The summed E-state index contributed by atoms with van der Waals surface area (Å²) in [5.74, 6) is 0.143. The molecule has 0 aromatic heterocycles. The highest BCUT2D eigenvalue weighted by Crippen LogP contribution is 1.99. The van der Waals surface area contributed by atoms with E-state index in [1.807, 2.05) is 0 Å². The van der Waals surface area contributed by atoms with Crippen molar-refractivity contribution in [3.05, 3.63) is 25.3 Å². The van der Waals surface area contributed by atoms with Crippen LogP contribution in [-0.4, -0.2) is 11.6 Å². The molecule has 0 fully saturated rings. The van der Waals surface area contributed by atoms with E-state index in [-0.39, 0.29) is 11.6 Å². The minimum Gasteiger partial charge on any atom is -0.299 e. The molecule has 66 valence electrons. The Kier molecular flexibility index (Phi) is 5.88. The average Bonchev–Trinajstić information content (AvgIpc) is 2.02. The molecule has 0 spiro atoms. The van der Waals surface area contributed by atoms with Crippen molar-refractivity contribution in [1.82, 2.24) is 0 Å². The molecule has 0 aromatic carbocycles. The Morgan fingerprint density at radius 2 is 1.25 bits per heavy atom. The van der Waals surface area contributed by atoms with Gasteiger partial charge in [-0.15, -0.1) is 13.2 Å². The minimum atomic E-state index is 0.0717. The van der Waals surface area contributed by atoms with Crippen LogP contribution in [0.5, 0.6) is 0 Å². The summed E-state index contributed by atoms with van der Waals surface area (Å²) in [5.41, 5.74) is 0. The average molecular weight is 166 g/mol. The standard InChI is InChI=1S/C10H14O2/c1-3-5-9(11)7-8-10(12)6-4-2/h3-4H,1-2,5-8H2. The topological polar surface area (TPSA) is 34.1 Å². The van der Waals surface area contributed by atoms with Gasteiger partial charge in [-0.2, -0.15) is 0 Å². The maximum atomic E-state index is 10.9. The van der Waals surface area contributed by atoms with Gasteiger partial charge in [0, 0.05) is 25.7 Å². The van der Waals surface area contributed by atoms with E-state index in [2.05, 4.69) is 13.2 Å². The van der Waals surface area contributed by atoms with E-state index in [4.69, 9.17) is 0 Å². The largest absolute Gasteiger partial charge is 0.299 e. The van der Waals surface area contributed by atoms with Gasteiger partial charge in [0.05, 0.1) is 0 Å². The van der Waals surface area contributed by atoms with Crippen LogP contribution in [0, 0.1) is 0 Å². The van der Waals surface area contributed by atoms with Crippen LogP contribution >= 0.6 is 0 Å². The summed E-state index contributed by atoms with van der Waals surface area (Å²) >= 11 is 0. The minimum absolute atomic E-state index is 0.0717. The van der Waals surface area contributed by atoms with E-state index in [1.54, 1.807) is 12.2 Å². The van der Waals surface area contributed by atoms with Crippen LogP contribution in [0.4, 0.5) is 0 Å². The zero-order valence-corrected chi connectivity index (χ0v) is 7.21. The summed E-state index contributed by atoms with van der Waals surface area (Å²) < 4.78 is 0. The quantitative estimate of drug-likeness (QED) is 0.542. The summed E-state index contributed by atoms with van der Waals surface area (Å²) in [7, 11) is 0. The molecule has 0 saturated carbocycles. The van der Waals surface area contributed by atoms with Gasteiger partial charge in [0.2, 0.25) is 0 Å². The van der Waals surface area contributed by atoms with E-state index >= 15 is 0 Å². The Balaban J connectivity index is 3.53. The third kappa shape index (κ3) is 5.59. The SMILES string of the molecule is C=CCC(=O)CCC(=O)CC=C. The second-order valence-electron chi connectivity index (χ2n) is 2.56. The molecule has 12 heavy (non-hydrogen) atoms. The molecule has 0 bridgehead atoms. The first kappa shape index (κ1) is 10.8. The Morgan fingerprint density at radius 3 is 1.50 bits per heavy atom. The molecule has 2 nitrogen and oxygen atoms in total. The maximum Gasteiger partial charge on any atom is 0.137 e. The Labute approximate surface area is 73.0 Å². The maximum absolute atomic E-state index is 10.9. The molecule has 0 N–H and O–H groups in total. The molecular formula is C10H14O2. The van der Waals surface area contributed by atoms with Gasteiger partial charge in [-0.3, -0.25) is 9.59 Å². The number of ketones is 2. The fourth-order valence-electron chi connectivity index (χ4n) is 0.805. The van der Waals surface area contributed by atoms with Crippen LogP contribution in [0.1, 0.15) is 25.7 Å². The van der Waals surface area contributed by atoms with Gasteiger partial charge in [-0.25, -0.2) is 0 Å². The smallest absolute Gasteiger partial charge is 0.137 e. The van der Waals surface area contributed by atoms with Gasteiger partial charge >= 0.3 is 0 Å². The number of rotatable bonds is 7. The van der Waals surface area contributed by atoms with Crippen molar-refractivity contribution >= 4 is 11.6 Å². The lowest BCUT2D eigenvalue weighted by Crippen LogP contribution is -2.02. The van der Waals surface area contributed by atoms with Gasteiger partial charge in [-0.05, 0) is 0 Å². The molecule has 0 amide bonds. The van der Waals surface area contributed by atoms with Crippen molar-refractivity contribution in [3.63, 3.8) is 0 Å². The predicted octanol–water partition coefficient (Wildman–Crippen LogP) is 2.06. The molecule has 0 aliphatic rings. The first-order valence-corrected chi connectivity index (χ1v) is 3.96. The van der Waals surface area contributed by atoms with E-state index in [0.29, 0.717) is 25.7 Å². The van der Waals surface area contributed by atoms with E-state index in [9.17, 15) is 9.59 Å². The molecule has 0 radical (unpaired) electrons. The molecule has 0 saturated heterocycles. The second-order valence-corrected chi connectivity index (χ2v) is 2.56. The normalized spacial score (nSPS) is 9.00. The van der Waals surface area contributed by atoms with Crippen molar-refractivity contribution in [2.75, 3.05) is 0 Å². The molecule has 0 aliphatic heterocycles. The number of hydrogen-bond donors (Lipinski definition) is 0. The monoisotopic (exact) mass is 166 g/mol. The van der Waals surface area contributed by atoms with Gasteiger partial charge < -0.3 is 0 Å². The predicted molar refractivity (Wildman–Crippen MR) is 48.9 cm³/mol. The zero-order valence-electron chi connectivity index (χ0n) is 7.21. The Hall–Kier alpha value is -1.18. The van der Waals surface area contributed by atoms with Crippen molar-refractivity contribution in [3.8, 4) is 0 Å². The highest BCUT2D eigenvalue weighted by atomic mass is 16.1. The van der Waals surface area contributed by atoms with E-state index in [0.717, 1.165) is 0 Å². The van der Waals surface area contributed by atoms with Gasteiger partial charge in [0.25, 0.3) is 0 Å². The van der Waals surface area contributed by atoms with E-state index < -0.39 is 0 Å². The lowest BCUT2D eigenvalue weighted by molar-refractivity contribution is -0.123. The molecule has 2 heteroatoms. The van der Waals surface area contributed by atoms with Gasteiger partial charge in [0.15, 0.2) is 0 Å². The molecule has 0 unspecified atom stereocenters. The summed E-state index contributed by atoms with van der Waals surface area (Å²) in [6.45, 7) is 6.88. The number of hydrogen-bond acceptors (Lipinski definition) is 2. The summed E-state index contributed by atoms with van der Waals surface area (Å²) in [6, 6.07) is 0. The second kappa shape index (κ2) is 6.53. The fourth-order valence-corrected chi connectivity index (χ4v) is 0.805. The Bertz CT molecular complexity index is 170. The van der Waals surface area contributed by atoms with Crippen LogP contribution in [-0.2, 0) is 9.59 Å². The van der Waals surface area contributed by atoms with Crippen LogP contribution in [0.25, 0.3) is 0 Å². The highest BCUT2D eigenvalue weighted by Gasteiger charge is 2.03. The van der Waals surface area contributed by atoms with Crippen molar-refractivity contribution in [1.29, 1.82) is 0 Å². The van der Waals surface area contributed by atoms with Gasteiger partial charge in [-0.1, -0.05) is 12.2 Å². The molecular weight excluding hydrogens is 152 g/mol. The zero-order chi connectivity index (χ0) is 9.40. The first-order valence-electron chi connectivity index (χ1n) is 3.96. The lowest BCUT2D eigenvalue weighted by atomic mass is 10.1. The van der Waals surface area contributed by atoms with Crippen LogP contribution in [0.2, 0.25) is 0 Å². The van der Waals surface area contributed by atoms with Gasteiger partial charge in [0.1, 0.15) is 11.6 Å². The molecule has 0 heterocycles. The molecule has 0 aliphatic carbocycles. The Morgan fingerprint density at radius 1 is 0.917 bits per heavy atom. The lowest BCUT2D eigenvalue weighted by Gasteiger charge is -1.95. The summed E-state index contributed by atoms with van der Waals surface area (Å²) in [5, 5.41) is 0. The number of carbonyl (C=O) groups excluding carboxylic acids is 2. The highest BCUT2D eigenvalue weighted by molar-refractivity contribution is 5.87. The molecule has 0 aromatic rings. The molecule has 0 rings (SSSR count). The third-order valence-corrected chi connectivity index (χ3v) is 1.43. The molecule has 0 atom stereocenters. The van der Waals surface area contributed by atoms with Crippen LogP contribution in [0.3, 0.4) is 0 Å².